The van der Waals surface area contributed by atoms with Crippen LogP contribution in [0.2, 0.25) is 0 Å². The van der Waals surface area contributed by atoms with Gasteiger partial charge in [0.15, 0.2) is 5.13 Å². The number of thiazole rings is 1. The first kappa shape index (κ1) is 13.7. The van der Waals surface area contributed by atoms with Crippen LogP contribution in [0.1, 0.15) is 12.8 Å². The van der Waals surface area contributed by atoms with Crippen molar-refractivity contribution in [3.63, 3.8) is 0 Å². The number of methoxy groups -OCH3 is 1. The molecule has 6 heteroatoms. The average molecular weight is 271 g/mol. The molecule has 1 saturated heterocycles. The molecule has 0 aromatic carbocycles. The van der Waals surface area contributed by atoms with Crippen LogP contribution in [0.4, 0.5) is 5.13 Å². The molecule has 1 aromatic rings. The van der Waals surface area contributed by atoms with E-state index in [1.807, 2.05) is 11.6 Å². The van der Waals surface area contributed by atoms with E-state index in [1.54, 1.807) is 18.4 Å². The number of piperidine rings is 1. The number of hydrogen-bond acceptors (Lipinski definition) is 6. The first-order valence-corrected chi connectivity index (χ1v) is 7.22. The molecular weight excluding hydrogens is 250 g/mol. The fraction of sp³-hybridized carbons (Fsp3) is 0.750. The Kier molecular flexibility index (Phi) is 5.37. The Bertz CT molecular complexity index is 326. The summed E-state index contributed by atoms with van der Waals surface area (Å²) in [5.41, 5.74) is 0. The number of hydrogen-bond donors (Lipinski definition) is 2. The van der Waals surface area contributed by atoms with Crippen LogP contribution in [0.5, 0.6) is 0 Å². The molecule has 0 saturated carbocycles. The fourth-order valence-electron chi connectivity index (χ4n) is 2.20. The van der Waals surface area contributed by atoms with E-state index in [1.165, 1.54) is 0 Å². The minimum Gasteiger partial charge on any atom is -0.389 e. The number of aromatic nitrogens is 1. The van der Waals surface area contributed by atoms with E-state index < -0.39 is 6.10 Å². The molecule has 1 aliphatic heterocycles. The van der Waals surface area contributed by atoms with E-state index in [9.17, 15) is 5.11 Å². The Morgan fingerprint density at radius 2 is 2.39 bits per heavy atom. The summed E-state index contributed by atoms with van der Waals surface area (Å²) in [6.07, 6.45) is 3.64. The highest BCUT2D eigenvalue weighted by Gasteiger charge is 2.20. The maximum atomic E-state index is 9.58. The third-order valence-electron chi connectivity index (χ3n) is 3.19. The van der Waals surface area contributed by atoms with E-state index in [0.29, 0.717) is 19.2 Å². The largest absolute Gasteiger partial charge is 0.389 e. The second kappa shape index (κ2) is 7.04. The highest BCUT2D eigenvalue weighted by atomic mass is 32.1. The number of ether oxygens (including phenoxy) is 1. The van der Waals surface area contributed by atoms with Crippen LogP contribution in [0.3, 0.4) is 0 Å². The maximum Gasteiger partial charge on any atom is 0.185 e. The zero-order valence-corrected chi connectivity index (χ0v) is 11.5. The van der Waals surface area contributed by atoms with Crippen LogP contribution in [0.15, 0.2) is 11.6 Å². The van der Waals surface area contributed by atoms with Crippen molar-refractivity contribution in [3.8, 4) is 0 Å². The Morgan fingerprint density at radius 3 is 3.00 bits per heavy atom. The number of nitrogens with zero attached hydrogens (tertiary/aromatic N) is 2. The molecule has 1 aliphatic rings. The summed E-state index contributed by atoms with van der Waals surface area (Å²) in [5.74, 6) is 0. The minimum atomic E-state index is -0.410. The van der Waals surface area contributed by atoms with Gasteiger partial charge >= 0.3 is 0 Å². The van der Waals surface area contributed by atoms with Crippen molar-refractivity contribution in [2.75, 3.05) is 38.3 Å². The zero-order chi connectivity index (χ0) is 12.8. The quantitative estimate of drug-likeness (QED) is 0.798. The molecular formula is C12H21N3O2S. The highest BCUT2D eigenvalue weighted by molar-refractivity contribution is 7.13. The van der Waals surface area contributed by atoms with Crippen LogP contribution in [-0.4, -0.2) is 55.6 Å². The summed E-state index contributed by atoms with van der Waals surface area (Å²) in [5, 5.41) is 16.1. The van der Waals surface area contributed by atoms with Crippen molar-refractivity contribution < 1.29 is 9.84 Å². The molecule has 0 spiro atoms. The van der Waals surface area contributed by atoms with Gasteiger partial charge in [0.2, 0.25) is 0 Å². The fourth-order valence-corrected chi connectivity index (χ4v) is 2.90. The Labute approximate surface area is 112 Å². The molecule has 1 atom stereocenters. The monoisotopic (exact) mass is 271 g/mol. The van der Waals surface area contributed by atoms with E-state index in [-0.39, 0.29) is 0 Å². The van der Waals surface area contributed by atoms with E-state index >= 15 is 0 Å². The van der Waals surface area contributed by atoms with Crippen molar-refractivity contribution in [2.24, 2.45) is 0 Å². The van der Waals surface area contributed by atoms with Crippen molar-refractivity contribution in [1.82, 2.24) is 10.3 Å². The molecule has 18 heavy (non-hydrogen) atoms. The topological polar surface area (TPSA) is 57.6 Å². The molecule has 2 rings (SSSR count). The molecule has 0 unspecified atom stereocenters. The molecule has 1 aromatic heterocycles. The molecule has 1 fully saturated rings. The number of nitrogens with one attached hydrogen (secondary N) is 1. The molecule has 0 radical (unpaired) electrons. The van der Waals surface area contributed by atoms with Crippen molar-refractivity contribution in [1.29, 1.82) is 0 Å². The van der Waals surface area contributed by atoms with Crippen molar-refractivity contribution in [3.05, 3.63) is 11.6 Å². The summed E-state index contributed by atoms with van der Waals surface area (Å²) < 4.78 is 4.90. The summed E-state index contributed by atoms with van der Waals surface area (Å²) in [4.78, 5) is 6.66. The molecule has 0 amide bonds. The summed E-state index contributed by atoms with van der Waals surface area (Å²) >= 11 is 1.69. The summed E-state index contributed by atoms with van der Waals surface area (Å²) in [7, 11) is 1.61. The lowest BCUT2D eigenvalue weighted by Crippen LogP contribution is -2.45. The number of anilines is 1. The minimum absolute atomic E-state index is 0.394. The van der Waals surface area contributed by atoms with E-state index in [2.05, 4.69) is 15.2 Å². The van der Waals surface area contributed by atoms with Gasteiger partial charge in [-0.15, -0.1) is 11.3 Å². The molecule has 0 bridgehead atoms. The summed E-state index contributed by atoms with van der Waals surface area (Å²) in [6, 6.07) is 0.493. The van der Waals surface area contributed by atoms with Gasteiger partial charge in [-0.25, -0.2) is 4.98 Å². The van der Waals surface area contributed by atoms with Gasteiger partial charge < -0.3 is 20.1 Å². The first-order chi connectivity index (χ1) is 8.79. The van der Waals surface area contributed by atoms with Gasteiger partial charge in [0, 0.05) is 44.4 Å². The van der Waals surface area contributed by atoms with Gasteiger partial charge in [0.1, 0.15) is 0 Å². The molecule has 2 heterocycles. The molecule has 0 aliphatic carbocycles. The smallest absolute Gasteiger partial charge is 0.185 e. The lowest BCUT2D eigenvalue weighted by Gasteiger charge is -2.32. The van der Waals surface area contributed by atoms with Gasteiger partial charge in [-0.05, 0) is 12.8 Å². The van der Waals surface area contributed by atoms with Crippen molar-refractivity contribution in [2.45, 2.75) is 25.0 Å². The SMILES string of the molecule is COC[C@H](O)CNC1CCN(c2nccs2)CC1. The third-order valence-corrected chi connectivity index (χ3v) is 4.02. The number of rotatable bonds is 6. The van der Waals surface area contributed by atoms with Crippen molar-refractivity contribution >= 4 is 16.5 Å². The second-order valence-electron chi connectivity index (χ2n) is 4.59. The predicted molar refractivity (Wildman–Crippen MR) is 73.2 cm³/mol. The number of aliphatic hydroxyl groups excluding tert-OH is 1. The summed E-state index contributed by atoms with van der Waals surface area (Å²) in [6.45, 7) is 3.07. The van der Waals surface area contributed by atoms with Crippen LogP contribution in [0, 0.1) is 0 Å². The molecule has 5 nitrogen and oxygen atoms in total. The predicted octanol–water partition coefficient (Wildman–Crippen LogP) is 0.709. The zero-order valence-electron chi connectivity index (χ0n) is 10.7. The Balaban J connectivity index is 1.67. The molecule has 2 N–H and O–H groups in total. The maximum absolute atomic E-state index is 9.58. The van der Waals surface area contributed by atoms with Gasteiger partial charge in [0.25, 0.3) is 0 Å². The van der Waals surface area contributed by atoms with Gasteiger partial charge in [-0.1, -0.05) is 0 Å². The highest BCUT2D eigenvalue weighted by Crippen LogP contribution is 2.21. The molecule has 102 valence electrons. The van der Waals surface area contributed by atoms with Crippen LogP contribution in [0.25, 0.3) is 0 Å². The lowest BCUT2D eigenvalue weighted by molar-refractivity contribution is 0.0621. The van der Waals surface area contributed by atoms with Crippen LogP contribution in [-0.2, 0) is 4.74 Å². The van der Waals surface area contributed by atoms with Crippen LogP contribution < -0.4 is 10.2 Å². The Hall–Kier alpha value is -0.690. The number of aliphatic hydroxyl groups is 1. The average Bonchev–Trinajstić information content (AvgIpc) is 2.91. The lowest BCUT2D eigenvalue weighted by atomic mass is 10.1. The van der Waals surface area contributed by atoms with Gasteiger partial charge in [-0.2, -0.15) is 0 Å². The van der Waals surface area contributed by atoms with Gasteiger partial charge in [0.05, 0.1) is 12.7 Å². The van der Waals surface area contributed by atoms with Gasteiger partial charge in [-0.3, -0.25) is 0 Å². The van der Waals surface area contributed by atoms with E-state index in [0.717, 1.165) is 31.1 Å². The van der Waals surface area contributed by atoms with Crippen LogP contribution >= 0.6 is 11.3 Å². The normalized spacial score (nSPS) is 19.1. The Morgan fingerprint density at radius 1 is 1.61 bits per heavy atom. The standard InChI is InChI=1S/C12H21N3O2S/c1-17-9-11(16)8-14-10-2-5-15(6-3-10)12-13-4-7-18-12/h4,7,10-11,14,16H,2-3,5-6,8-9H2,1H3/t11-/m1/s1. The third kappa shape index (κ3) is 3.91. The first-order valence-electron chi connectivity index (χ1n) is 6.34. The van der Waals surface area contributed by atoms with E-state index in [4.69, 9.17) is 4.74 Å². The second-order valence-corrected chi connectivity index (χ2v) is 5.47.